The molecule has 3 aromatic heterocycles. The van der Waals surface area contributed by atoms with Crippen molar-refractivity contribution in [2.75, 3.05) is 30.2 Å². The van der Waals surface area contributed by atoms with Gasteiger partial charge in [0.05, 0.1) is 58.2 Å². The van der Waals surface area contributed by atoms with E-state index in [0.29, 0.717) is 17.6 Å². The van der Waals surface area contributed by atoms with Gasteiger partial charge in [-0.25, -0.2) is 30.6 Å². The summed E-state index contributed by atoms with van der Waals surface area (Å²) in [4.78, 5) is 8.18. The van der Waals surface area contributed by atoms with Gasteiger partial charge in [-0.2, -0.15) is 9.61 Å². The summed E-state index contributed by atoms with van der Waals surface area (Å²) in [5, 5.41) is 7.64. The fourth-order valence-electron chi connectivity index (χ4n) is 5.54. The second kappa shape index (κ2) is 11.9. The van der Waals surface area contributed by atoms with E-state index in [9.17, 15) is 25.6 Å². The van der Waals surface area contributed by atoms with Crippen molar-refractivity contribution in [3.8, 4) is 11.3 Å². The molecular weight excluding hydrogens is 602 g/mol. The van der Waals surface area contributed by atoms with E-state index in [2.05, 4.69) is 20.4 Å². The molecule has 3 heterocycles. The number of nitrogens with two attached hydrogens (primary N) is 1. The Bertz CT molecular complexity index is 1850. The van der Waals surface area contributed by atoms with Crippen LogP contribution in [0, 0.1) is 17.6 Å². The van der Waals surface area contributed by atoms with Crippen LogP contribution < -0.4 is 11.1 Å². The quantitative estimate of drug-likeness (QED) is 0.279. The number of pyridine rings is 1. The second-order valence-electron chi connectivity index (χ2n) is 11.0. The molecule has 1 saturated carbocycles. The molecule has 0 aliphatic heterocycles. The highest BCUT2D eigenvalue weighted by atomic mass is 32.2. The van der Waals surface area contributed by atoms with E-state index < -0.39 is 41.8 Å². The molecule has 0 bridgehead atoms. The Morgan fingerprint density at radius 2 is 1.79 bits per heavy atom. The topological polar surface area (TPSA) is 159 Å². The number of nitrogens with one attached hydrogen (secondary N) is 1. The van der Waals surface area contributed by atoms with Gasteiger partial charge < -0.3 is 15.8 Å². The fourth-order valence-corrected chi connectivity index (χ4v) is 6.57. The molecule has 0 saturated heterocycles. The number of rotatable bonds is 9. The third-order valence-electron chi connectivity index (χ3n) is 7.59. The lowest BCUT2D eigenvalue weighted by atomic mass is 9.74. The first kappa shape index (κ1) is 30.9. The van der Waals surface area contributed by atoms with Crippen molar-refractivity contribution in [3.05, 3.63) is 66.1 Å². The minimum atomic E-state index is -3.82. The zero-order valence-electron chi connectivity index (χ0n) is 23.7. The third kappa shape index (κ3) is 6.84. The van der Waals surface area contributed by atoms with Crippen LogP contribution in [-0.2, 0) is 24.4 Å². The number of nitrogens with zero attached hydrogens (tertiary/aromatic N) is 4. The van der Waals surface area contributed by atoms with E-state index in [4.69, 9.17) is 10.5 Å². The molecule has 1 aliphatic carbocycles. The summed E-state index contributed by atoms with van der Waals surface area (Å²) in [6.45, 7) is 2.12. The van der Waals surface area contributed by atoms with Crippen LogP contribution in [-0.4, -0.2) is 73.4 Å². The summed E-state index contributed by atoms with van der Waals surface area (Å²) in [5.74, 6) is -1.81. The van der Waals surface area contributed by atoms with Gasteiger partial charge in [0.1, 0.15) is 21.5 Å². The lowest BCUT2D eigenvalue weighted by molar-refractivity contribution is -0.0152. The second-order valence-corrected chi connectivity index (χ2v) is 15.3. The van der Waals surface area contributed by atoms with Crippen LogP contribution in [0.25, 0.3) is 16.8 Å². The SMILES string of the molecule is C[C@H]1C[C@@H](c2ccncc2Nc2ncc3ccc(-c4c(F)cc(S(C)(=O)=O)cc4F)nn23)C[C@@H](N)[C@H]1OCCS(C)(=O)=O. The predicted octanol–water partition coefficient (Wildman–Crippen LogP) is 3.49. The Balaban J connectivity index is 1.40. The smallest absolute Gasteiger partial charge is 0.229 e. The zero-order chi connectivity index (χ0) is 31.1. The Morgan fingerprint density at radius 3 is 2.44 bits per heavy atom. The summed E-state index contributed by atoms with van der Waals surface area (Å²) in [6.07, 6.45) is 7.97. The molecule has 1 fully saturated rings. The number of ether oxygens (including phenoxy) is 1. The monoisotopic (exact) mass is 634 g/mol. The summed E-state index contributed by atoms with van der Waals surface area (Å²) in [6, 6.07) is 6.14. The lowest BCUT2D eigenvalue weighted by Gasteiger charge is -2.39. The van der Waals surface area contributed by atoms with Crippen molar-refractivity contribution >= 4 is 36.8 Å². The Morgan fingerprint density at radius 1 is 1.07 bits per heavy atom. The van der Waals surface area contributed by atoms with Crippen molar-refractivity contribution in [2.45, 2.75) is 42.7 Å². The maximum Gasteiger partial charge on any atom is 0.229 e. The molecule has 0 unspecified atom stereocenters. The number of aromatic nitrogens is 4. The van der Waals surface area contributed by atoms with E-state index in [1.165, 1.54) is 16.8 Å². The average molecular weight is 635 g/mol. The minimum Gasteiger partial charge on any atom is -0.375 e. The van der Waals surface area contributed by atoms with Crippen LogP contribution in [0.1, 0.15) is 31.2 Å². The number of imidazole rings is 1. The van der Waals surface area contributed by atoms with E-state index in [-0.39, 0.29) is 48.0 Å². The molecule has 230 valence electrons. The van der Waals surface area contributed by atoms with Crippen LogP contribution in [0.4, 0.5) is 20.4 Å². The molecule has 1 aromatic carbocycles. The molecule has 11 nitrogen and oxygen atoms in total. The molecule has 0 spiro atoms. The van der Waals surface area contributed by atoms with Crippen LogP contribution in [0.5, 0.6) is 0 Å². The van der Waals surface area contributed by atoms with Gasteiger partial charge in [0, 0.05) is 24.8 Å². The van der Waals surface area contributed by atoms with E-state index >= 15 is 0 Å². The highest BCUT2D eigenvalue weighted by Crippen LogP contribution is 2.40. The van der Waals surface area contributed by atoms with Gasteiger partial charge in [0.2, 0.25) is 5.95 Å². The average Bonchev–Trinajstić information content (AvgIpc) is 3.31. The number of halogens is 2. The number of hydrogen-bond donors (Lipinski definition) is 2. The minimum absolute atomic E-state index is 0.0385. The lowest BCUT2D eigenvalue weighted by Crippen LogP contribution is -2.47. The van der Waals surface area contributed by atoms with Gasteiger partial charge in [-0.05, 0) is 60.6 Å². The van der Waals surface area contributed by atoms with Crippen LogP contribution in [0.2, 0.25) is 0 Å². The van der Waals surface area contributed by atoms with Crippen molar-refractivity contribution < 1.29 is 30.4 Å². The first-order valence-electron chi connectivity index (χ1n) is 13.5. The molecule has 15 heteroatoms. The highest BCUT2D eigenvalue weighted by Gasteiger charge is 2.36. The van der Waals surface area contributed by atoms with Gasteiger partial charge in [0.15, 0.2) is 9.84 Å². The summed E-state index contributed by atoms with van der Waals surface area (Å²) < 4.78 is 83.8. The van der Waals surface area contributed by atoms with Crippen LogP contribution in [0.15, 0.2) is 53.8 Å². The van der Waals surface area contributed by atoms with Crippen molar-refractivity contribution in [1.82, 2.24) is 19.6 Å². The van der Waals surface area contributed by atoms with Crippen molar-refractivity contribution in [3.63, 3.8) is 0 Å². The molecule has 5 rings (SSSR count). The Hall–Kier alpha value is -3.53. The normalized spacial score (nSPS) is 21.3. The molecule has 43 heavy (non-hydrogen) atoms. The third-order valence-corrected chi connectivity index (χ3v) is 9.59. The molecule has 0 amide bonds. The largest absolute Gasteiger partial charge is 0.375 e. The molecule has 0 radical (unpaired) electrons. The molecule has 4 atom stereocenters. The maximum absolute atomic E-state index is 14.9. The molecule has 1 aliphatic rings. The number of anilines is 2. The number of benzene rings is 1. The van der Waals surface area contributed by atoms with Gasteiger partial charge in [-0.15, -0.1) is 0 Å². The summed E-state index contributed by atoms with van der Waals surface area (Å²) in [5.41, 5.74) is 8.13. The van der Waals surface area contributed by atoms with Crippen molar-refractivity contribution in [2.24, 2.45) is 11.7 Å². The molecule has 4 aromatic rings. The number of sulfone groups is 2. The van der Waals surface area contributed by atoms with Gasteiger partial charge in [-0.1, -0.05) is 6.92 Å². The van der Waals surface area contributed by atoms with Crippen LogP contribution in [0.3, 0.4) is 0 Å². The Labute approximate surface area is 248 Å². The van der Waals surface area contributed by atoms with Gasteiger partial charge >= 0.3 is 0 Å². The van der Waals surface area contributed by atoms with Gasteiger partial charge in [0.25, 0.3) is 0 Å². The number of fused-ring (bicyclic) bond motifs is 1. The molecular formula is C28H32F2N6O5S2. The first-order chi connectivity index (χ1) is 20.2. The number of hydrogen-bond acceptors (Lipinski definition) is 10. The Kier molecular flexibility index (Phi) is 8.53. The highest BCUT2D eigenvalue weighted by molar-refractivity contribution is 7.91. The molecule has 3 N–H and O–H groups in total. The van der Waals surface area contributed by atoms with E-state index in [0.717, 1.165) is 30.4 Å². The first-order valence-corrected chi connectivity index (χ1v) is 17.5. The fraction of sp³-hybridized carbons (Fsp3) is 0.393. The van der Waals surface area contributed by atoms with E-state index in [1.807, 2.05) is 13.0 Å². The van der Waals surface area contributed by atoms with Crippen molar-refractivity contribution in [1.29, 1.82) is 0 Å². The van der Waals surface area contributed by atoms with Crippen LogP contribution >= 0.6 is 0 Å². The maximum atomic E-state index is 14.9. The summed E-state index contributed by atoms with van der Waals surface area (Å²) >= 11 is 0. The van der Waals surface area contributed by atoms with Gasteiger partial charge in [-0.3, -0.25) is 4.98 Å². The zero-order valence-corrected chi connectivity index (χ0v) is 25.4. The van der Waals surface area contributed by atoms with E-state index in [1.54, 1.807) is 24.7 Å². The predicted molar refractivity (Wildman–Crippen MR) is 158 cm³/mol. The standard InChI is InChI=1S/C28H32F2N6O5S2/c1-16-10-17(11-23(31)27(16)41-8-9-42(2,37)38)20-6-7-32-15-25(20)34-28-33-14-18-4-5-24(35-36(18)28)26-21(29)12-19(13-22(26)30)43(3,39)40/h4-7,12-17,23,27H,8-11,31H2,1-3H3,(H,33,34)/t16-,17+,23+,27-/m0/s1. The summed E-state index contributed by atoms with van der Waals surface area (Å²) in [7, 11) is -6.96.